The van der Waals surface area contributed by atoms with Gasteiger partial charge in [-0.1, -0.05) is 25.9 Å². The number of nitrogens with zero attached hydrogens (tertiary/aromatic N) is 3. The first-order valence-corrected chi connectivity index (χ1v) is 5.41. The molecule has 3 N–H and O–H groups in total. The molecule has 0 aliphatic heterocycles. The van der Waals surface area contributed by atoms with E-state index in [0.717, 1.165) is 6.42 Å². The molecule has 0 radical (unpaired) electrons. The van der Waals surface area contributed by atoms with Gasteiger partial charge in [0.1, 0.15) is 0 Å². The van der Waals surface area contributed by atoms with Crippen molar-refractivity contribution < 1.29 is 5.11 Å². The van der Waals surface area contributed by atoms with Crippen molar-refractivity contribution in [3.05, 3.63) is 10.4 Å². The second-order valence-electron chi connectivity index (χ2n) is 4.59. The summed E-state index contributed by atoms with van der Waals surface area (Å²) in [7, 11) is 0. The van der Waals surface area contributed by atoms with Crippen molar-refractivity contribution in [1.82, 2.24) is 0 Å². The Balaban J connectivity index is 4.30. The largest absolute Gasteiger partial charge is 0.396 e. The Kier molecular flexibility index (Phi) is 7.13. The lowest BCUT2D eigenvalue weighted by molar-refractivity contribution is 0.217. The van der Waals surface area contributed by atoms with Crippen molar-refractivity contribution in [3.8, 4) is 0 Å². The van der Waals surface area contributed by atoms with Gasteiger partial charge in [0, 0.05) is 17.6 Å². The zero-order chi connectivity index (χ0) is 11.8. The molecule has 5 nitrogen and oxygen atoms in total. The molecule has 0 amide bonds. The van der Waals surface area contributed by atoms with Gasteiger partial charge in [0.05, 0.1) is 6.04 Å². The smallest absolute Gasteiger partial charge is 0.0528 e. The van der Waals surface area contributed by atoms with Gasteiger partial charge in [-0.15, -0.1) is 0 Å². The minimum absolute atomic E-state index is 0.103. The molecule has 0 fully saturated rings. The van der Waals surface area contributed by atoms with E-state index in [1.165, 1.54) is 0 Å². The van der Waals surface area contributed by atoms with E-state index in [9.17, 15) is 0 Å². The zero-order valence-corrected chi connectivity index (χ0v) is 9.80. The number of nitrogens with two attached hydrogens (primary N) is 1. The van der Waals surface area contributed by atoms with Crippen LogP contribution < -0.4 is 5.73 Å². The third-order valence-corrected chi connectivity index (χ3v) is 2.39. The van der Waals surface area contributed by atoms with Gasteiger partial charge in [0.15, 0.2) is 0 Å². The highest BCUT2D eigenvalue weighted by Crippen LogP contribution is 2.16. The Bertz CT molecular complexity index is 213. The van der Waals surface area contributed by atoms with Gasteiger partial charge in [0.2, 0.25) is 0 Å². The van der Waals surface area contributed by atoms with Crippen molar-refractivity contribution in [1.29, 1.82) is 0 Å². The highest BCUT2D eigenvalue weighted by Gasteiger charge is 2.19. The van der Waals surface area contributed by atoms with Crippen molar-refractivity contribution in [2.75, 3.05) is 6.61 Å². The van der Waals surface area contributed by atoms with Gasteiger partial charge in [-0.05, 0) is 30.2 Å². The molecule has 0 saturated carbocycles. The summed E-state index contributed by atoms with van der Waals surface area (Å²) in [5, 5.41) is 12.6. The van der Waals surface area contributed by atoms with E-state index >= 15 is 0 Å². The molecule has 0 aromatic carbocycles. The Morgan fingerprint density at radius 2 is 1.93 bits per heavy atom. The molecule has 3 atom stereocenters. The molecule has 88 valence electrons. The minimum Gasteiger partial charge on any atom is -0.396 e. The molecule has 0 spiro atoms. The lowest BCUT2D eigenvalue weighted by Crippen LogP contribution is -2.36. The van der Waals surface area contributed by atoms with Crippen LogP contribution in [0.15, 0.2) is 5.11 Å². The molecule has 5 heteroatoms. The van der Waals surface area contributed by atoms with Crippen LogP contribution in [0, 0.1) is 11.8 Å². The van der Waals surface area contributed by atoms with E-state index in [1.54, 1.807) is 0 Å². The average Bonchev–Trinajstić information content (AvgIpc) is 2.15. The Labute approximate surface area is 91.3 Å². The van der Waals surface area contributed by atoms with Crippen LogP contribution >= 0.6 is 0 Å². The predicted molar refractivity (Wildman–Crippen MR) is 61.2 cm³/mol. The summed E-state index contributed by atoms with van der Waals surface area (Å²) in [5.74, 6) is 0.611. The van der Waals surface area contributed by atoms with E-state index in [4.69, 9.17) is 16.4 Å². The molecule has 0 unspecified atom stereocenters. The van der Waals surface area contributed by atoms with Crippen LogP contribution in [0.5, 0.6) is 0 Å². The molecule has 0 aromatic rings. The Morgan fingerprint density at radius 1 is 1.33 bits per heavy atom. The highest BCUT2D eigenvalue weighted by molar-refractivity contribution is 4.82. The molecular weight excluding hydrogens is 192 g/mol. The highest BCUT2D eigenvalue weighted by atomic mass is 16.3. The summed E-state index contributed by atoms with van der Waals surface area (Å²) in [6.07, 6.45) is 1.48. The van der Waals surface area contributed by atoms with Gasteiger partial charge in [0.25, 0.3) is 0 Å². The van der Waals surface area contributed by atoms with Crippen LogP contribution in [-0.2, 0) is 0 Å². The Morgan fingerprint density at radius 3 is 2.33 bits per heavy atom. The molecular formula is C10H22N4O. The number of azide groups is 1. The number of hydrogen-bond acceptors (Lipinski definition) is 3. The molecule has 0 aromatic heterocycles. The average molecular weight is 214 g/mol. The lowest BCUT2D eigenvalue weighted by Gasteiger charge is -2.23. The van der Waals surface area contributed by atoms with E-state index in [0.29, 0.717) is 12.3 Å². The first-order valence-electron chi connectivity index (χ1n) is 5.41. The van der Waals surface area contributed by atoms with E-state index in [2.05, 4.69) is 23.9 Å². The number of rotatable bonds is 7. The predicted octanol–water partition coefficient (Wildman–Crippen LogP) is 2.06. The van der Waals surface area contributed by atoms with Gasteiger partial charge >= 0.3 is 0 Å². The van der Waals surface area contributed by atoms with E-state index < -0.39 is 0 Å². The normalized spacial score (nSPS) is 16.9. The first-order chi connectivity index (χ1) is 7.01. The molecule has 0 heterocycles. The van der Waals surface area contributed by atoms with E-state index in [1.807, 2.05) is 6.92 Å². The third kappa shape index (κ3) is 6.33. The van der Waals surface area contributed by atoms with Crippen molar-refractivity contribution in [2.24, 2.45) is 22.7 Å². The number of aliphatic hydroxyl groups is 1. The van der Waals surface area contributed by atoms with Gasteiger partial charge in [-0.2, -0.15) is 0 Å². The van der Waals surface area contributed by atoms with Crippen LogP contribution in [0.3, 0.4) is 0 Å². The Hall–Kier alpha value is -0.770. The van der Waals surface area contributed by atoms with Crippen LogP contribution in [-0.4, -0.2) is 23.8 Å². The second-order valence-corrected chi connectivity index (χ2v) is 4.59. The molecule has 15 heavy (non-hydrogen) atoms. The third-order valence-electron chi connectivity index (χ3n) is 2.39. The topological polar surface area (TPSA) is 95.0 Å². The SMILES string of the molecule is CC(C)C[C@H](N)[C@H](C[C@@H](C)CO)N=[N+]=[N-]. The molecule has 0 aliphatic carbocycles. The van der Waals surface area contributed by atoms with Crippen molar-refractivity contribution in [2.45, 2.75) is 45.7 Å². The van der Waals surface area contributed by atoms with Crippen LogP contribution in [0.1, 0.15) is 33.6 Å². The number of hydrogen-bond donors (Lipinski definition) is 2. The van der Waals surface area contributed by atoms with Crippen LogP contribution in [0.25, 0.3) is 10.4 Å². The van der Waals surface area contributed by atoms with Crippen LogP contribution in [0.4, 0.5) is 0 Å². The summed E-state index contributed by atoms with van der Waals surface area (Å²) in [5.41, 5.74) is 14.4. The molecule has 0 bridgehead atoms. The zero-order valence-electron chi connectivity index (χ0n) is 9.80. The van der Waals surface area contributed by atoms with Gasteiger partial charge in [-0.3, -0.25) is 0 Å². The number of aliphatic hydroxyl groups excluding tert-OH is 1. The molecule has 0 rings (SSSR count). The summed E-state index contributed by atoms with van der Waals surface area (Å²) in [4.78, 5) is 2.82. The molecule has 0 aliphatic rings. The van der Waals surface area contributed by atoms with Crippen LogP contribution in [0.2, 0.25) is 0 Å². The maximum absolute atomic E-state index is 8.94. The summed E-state index contributed by atoms with van der Waals surface area (Å²) in [6.45, 7) is 6.19. The summed E-state index contributed by atoms with van der Waals surface area (Å²) < 4.78 is 0. The van der Waals surface area contributed by atoms with Crippen molar-refractivity contribution >= 4 is 0 Å². The quantitative estimate of drug-likeness (QED) is 0.385. The summed E-state index contributed by atoms with van der Waals surface area (Å²) >= 11 is 0. The first kappa shape index (κ1) is 14.2. The van der Waals surface area contributed by atoms with Gasteiger partial charge < -0.3 is 10.8 Å². The van der Waals surface area contributed by atoms with E-state index in [-0.39, 0.29) is 24.6 Å². The maximum atomic E-state index is 8.94. The monoisotopic (exact) mass is 214 g/mol. The van der Waals surface area contributed by atoms with Gasteiger partial charge in [-0.25, -0.2) is 0 Å². The standard InChI is InChI=1S/C10H22N4O/c1-7(2)4-9(11)10(13-14-12)5-8(3)6-15/h7-10,15H,4-6,11H2,1-3H3/t8-,9+,10+/m1/s1. The maximum Gasteiger partial charge on any atom is 0.0528 e. The minimum atomic E-state index is -0.209. The fourth-order valence-corrected chi connectivity index (χ4v) is 1.56. The fourth-order valence-electron chi connectivity index (χ4n) is 1.56. The lowest BCUT2D eigenvalue weighted by atomic mass is 9.92. The fraction of sp³-hybridized carbons (Fsp3) is 1.00. The summed E-state index contributed by atoms with van der Waals surface area (Å²) in [6, 6.07) is -0.325. The second kappa shape index (κ2) is 7.51. The van der Waals surface area contributed by atoms with Crippen molar-refractivity contribution in [3.63, 3.8) is 0 Å². The molecule has 0 saturated heterocycles.